The summed E-state index contributed by atoms with van der Waals surface area (Å²) in [5.41, 5.74) is 2.73. The summed E-state index contributed by atoms with van der Waals surface area (Å²) in [6.45, 7) is 8.63. The van der Waals surface area contributed by atoms with Gasteiger partial charge in [0.25, 0.3) is 0 Å². The summed E-state index contributed by atoms with van der Waals surface area (Å²) >= 11 is 0. The summed E-state index contributed by atoms with van der Waals surface area (Å²) in [4.78, 5) is 26.4. The van der Waals surface area contributed by atoms with Crippen LogP contribution in [0.4, 0.5) is 0 Å². The Hall–Kier alpha value is -2.56. The average Bonchev–Trinajstić information content (AvgIpc) is 2.94. The fourth-order valence-electron chi connectivity index (χ4n) is 4.87. The van der Waals surface area contributed by atoms with Crippen LogP contribution in [0.25, 0.3) is 5.69 Å². The molecule has 5 nitrogen and oxygen atoms in total. The molecule has 3 heterocycles. The van der Waals surface area contributed by atoms with E-state index in [1.165, 1.54) is 15.7 Å². The summed E-state index contributed by atoms with van der Waals surface area (Å²) in [5, 5.41) is 0. The van der Waals surface area contributed by atoms with Crippen molar-refractivity contribution in [1.29, 1.82) is 0 Å². The molecule has 1 aromatic carbocycles. The van der Waals surface area contributed by atoms with Crippen molar-refractivity contribution in [2.75, 3.05) is 0 Å². The first-order valence-electron chi connectivity index (χ1n) is 10.2. The van der Waals surface area contributed by atoms with E-state index >= 15 is 0 Å². The Bertz CT molecular complexity index is 1050. The molecule has 3 aliphatic rings. The Labute approximate surface area is 165 Å². The van der Waals surface area contributed by atoms with Gasteiger partial charge in [0.05, 0.1) is 17.8 Å². The summed E-state index contributed by atoms with van der Waals surface area (Å²) in [6.07, 6.45) is 7.59. The van der Waals surface area contributed by atoms with Crippen molar-refractivity contribution in [3.63, 3.8) is 0 Å². The maximum absolute atomic E-state index is 13.3. The first-order chi connectivity index (χ1) is 13.4. The minimum Gasteiger partial charge on any atom is -0.245 e. The van der Waals surface area contributed by atoms with E-state index in [-0.39, 0.29) is 23.5 Å². The number of para-hydroxylation sites is 1. The summed E-state index contributed by atoms with van der Waals surface area (Å²) < 4.78 is 4.75. The highest BCUT2D eigenvalue weighted by Crippen LogP contribution is 2.46. The highest BCUT2D eigenvalue weighted by Gasteiger charge is 2.44. The number of benzene rings is 1. The lowest BCUT2D eigenvalue weighted by Gasteiger charge is -2.44. The van der Waals surface area contributed by atoms with E-state index in [4.69, 9.17) is 0 Å². The molecular weight excluding hydrogens is 350 g/mol. The van der Waals surface area contributed by atoms with Crippen molar-refractivity contribution in [2.45, 2.75) is 59.0 Å². The van der Waals surface area contributed by atoms with Gasteiger partial charge in [0.15, 0.2) is 0 Å². The van der Waals surface area contributed by atoms with E-state index in [0.29, 0.717) is 17.5 Å². The van der Waals surface area contributed by atoms with E-state index < -0.39 is 0 Å². The van der Waals surface area contributed by atoms with Crippen molar-refractivity contribution in [3.05, 3.63) is 74.6 Å². The van der Waals surface area contributed by atoms with E-state index in [9.17, 15) is 9.59 Å². The number of hydrogen-bond acceptors (Lipinski definition) is 2. The van der Waals surface area contributed by atoms with Crippen LogP contribution in [0, 0.1) is 11.8 Å². The third-order valence-corrected chi connectivity index (χ3v) is 6.40. The molecule has 2 bridgehead atoms. The smallest absolute Gasteiger partial charge is 0.245 e. The lowest BCUT2D eigenvalue weighted by molar-refractivity contribution is 0.121. The van der Waals surface area contributed by atoms with Gasteiger partial charge in [0, 0.05) is 0 Å². The van der Waals surface area contributed by atoms with E-state index in [0.717, 1.165) is 19.3 Å². The van der Waals surface area contributed by atoms with Crippen LogP contribution in [0.15, 0.2) is 63.2 Å². The quantitative estimate of drug-likeness (QED) is 0.730. The molecule has 1 aromatic heterocycles. The highest BCUT2D eigenvalue weighted by molar-refractivity contribution is 5.31. The molecule has 0 N–H and O–H groups in total. The molecule has 5 rings (SSSR count). The van der Waals surface area contributed by atoms with Crippen LogP contribution in [-0.2, 0) is 0 Å². The molecular formula is C23H29N3O2. The van der Waals surface area contributed by atoms with E-state index in [2.05, 4.69) is 39.8 Å². The van der Waals surface area contributed by atoms with Gasteiger partial charge in [-0.1, -0.05) is 48.4 Å². The lowest BCUT2D eigenvalue weighted by Crippen LogP contribution is -2.46. The Morgan fingerprint density at radius 1 is 1.14 bits per heavy atom. The molecule has 28 heavy (non-hydrogen) atoms. The first-order valence-corrected chi connectivity index (χ1v) is 10.2. The predicted octanol–water partition coefficient (Wildman–Crippen LogP) is 4.25. The molecule has 0 amide bonds. The minimum atomic E-state index is -0.228. The molecule has 1 aliphatic carbocycles. The normalized spacial score (nSPS) is 23.9. The molecule has 2 aromatic rings. The van der Waals surface area contributed by atoms with Gasteiger partial charge in [-0.2, -0.15) is 0 Å². The van der Waals surface area contributed by atoms with Crippen LogP contribution in [0.1, 0.15) is 59.0 Å². The van der Waals surface area contributed by atoms with Gasteiger partial charge in [0.2, 0.25) is 0 Å². The zero-order valence-corrected chi connectivity index (χ0v) is 17.1. The first kappa shape index (κ1) is 18.8. The van der Waals surface area contributed by atoms with Crippen LogP contribution in [0.5, 0.6) is 0 Å². The molecule has 0 saturated heterocycles. The largest absolute Gasteiger partial charge is 0.352 e. The topological polar surface area (TPSA) is 48.9 Å². The molecule has 0 radical (unpaired) electrons. The summed E-state index contributed by atoms with van der Waals surface area (Å²) in [7, 11) is 0. The minimum absolute atomic E-state index is 0.0222. The Morgan fingerprint density at radius 2 is 1.82 bits per heavy atom. The number of hydrogen-bond donors (Lipinski definition) is 0. The maximum atomic E-state index is 13.3. The monoisotopic (exact) mass is 379 g/mol. The lowest BCUT2D eigenvalue weighted by atomic mass is 9.73. The predicted molar refractivity (Wildman–Crippen MR) is 112 cm³/mol. The molecule has 4 atom stereocenters. The van der Waals surface area contributed by atoms with Crippen molar-refractivity contribution < 1.29 is 0 Å². The van der Waals surface area contributed by atoms with Crippen molar-refractivity contribution in [1.82, 2.24) is 13.9 Å². The fourth-order valence-corrected chi connectivity index (χ4v) is 4.87. The van der Waals surface area contributed by atoms with Gasteiger partial charge < -0.3 is 0 Å². The highest BCUT2D eigenvalue weighted by atomic mass is 16.2. The molecule has 0 saturated carbocycles. The molecule has 5 heteroatoms. The maximum Gasteiger partial charge on any atom is 0.352 e. The molecule has 2 aliphatic heterocycles. The number of nitrogens with zero attached hydrogens (tertiary/aromatic N) is 3. The zero-order valence-electron chi connectivity index (χ0n) is 17.1. The Balaban J connectivity index is 1.75. The average molecular weight is 380 g/mol. The van der Waals surface area contributed by atoms with Crippen LogP contribution in [-0.4, -0.2) is 13.9 Å². The summed E-state index contributed by atoms with van der Waals surface area (Å²) in [6, 6.07) is 9.17. The Morgan fingerprint density at radius 3 is 2.50 bits per heavy atom. The van der Waals surface area contributed by atoms with Crippen LogP contribution in [0.3, 0.4) is 0 Å². The fraction of sp³-hybridized carbons (Fsp3) is 0.478. The van der Waals surface area contributed by atoms with Crippen LogP contribution >= 0.6 is 0 Å². The van der Waals surface area contributed by atoms with E-state index in [1.807, 2.05) is 30.3 Å². The zero-order chi connectivity index (χ0) is 20.0. The SMILES string of the molecule is CC(C)=CCCC(C)C1C[C@@H]2C(C)=C[C@H]1n1c(=O)n(-c3ccccc3)c(=O)n12. The third kappa shape index (κ3) is 2.93. The van der Waals surface area contributed by atoms with Gasteiger partial charge in [-0.05, 0) is 64.0 Å². The van der Waals surface area contributed by atoms with Gasteiger partial charge in [-0.25, -0.2) is 23.5 Å². The van der Waals surface area contributed by atoms with Gasteiger partial charge in [0.1, 0.15) is 0 Å². The van der Waals surface area contributed by atoms with Crippen LogP contribution in [0.2, 0.25) is 0 Å². The van der Waals surface area contributed by atoms with Crippen molar-refractivity contribution in [2.24, 2.45) is 11.8 Å². The number of allylic oxidation sites excluding steroid dienone is 4. The van der Waals surface area contributed by atoms with Crippen molar-refractivity contribution >= 4 is 0 Å². The number of fused-ring (bicyclic) bond motifs is 1. The van der Waals surface area contributed by atoms with Gasteiger partial charge >= 0.3 is 11.4 Å². The number of aromatic nitrogens is 3. The second-order valence-corrected chi connectivity index (χ2v) is 8.58. The van der Waals surface area contributed by atoms with Crippen LogP contribution < -0.4 is 11.4 Å². The summed E-state index contributed by atoms with van der Waals surface area (Å²) in [5.74, 6) is 0.867. The van der Waals surface area contributed by atoms with Gasteiger partial charge in [-0.15, -0.1) is 0 Å². The second kappa shape index (κ2) is 7.12. The molecule has 2 unspecified atom stereocenters. The number of rotatable bonds is 5. The van der Waals surface area contributed by atoms with Crippen molar-refractivity contribution in [3.8, 4) is 5.69 Å². The third-order valence-electron chi connectivity index (χ3n) is 6.40. The molecule has 148 valence electrons. The van der Waals surface area contributed by atoms with E-state index in [1.54, 1.807) is 9.36 Å². The molecule has 0 spiro atoms. The van der Waals surface area contributed by atoms with Gasteiger partial charge in [-0.3, -0.25) is 0 Å². The Kier molecular flexibility index (Phi) is 4.77. The standard InChI is InChI=1S/C23H29N3O2/c1-15(2)9-8-10-16(3)19-14-20-17(4)13-21(19)26-23(28)24(22(27)25(20)26)18-11-6-5-7-12-18/h5-7,9,11-13,16,19-21H,8,10,14H2,1-4H3/t16?,19?,20-,21-/m1/s1. The second-order valence-electron chi connectivity index (χ2n) is 8.58. The molecule has 0 fully saturated rings.